The quantitative estimate of drug-likeness (QED) is 0.800. The van der Waals surface area contributed by atoms with E-state index in [4.69, 9.17) is 4.52 Å². The van der Waals surface area contributed by atoms with Crippen molar-refractivity contribution in [2.24, 2.45) is 0 Å². The van der Waals surface area contributed by atoms with E-state index in [0.717, 1.165) is 16.8 Å². The molecule has 0 radical (unpaired) electrons. The molecule has 2 aromatic heterocycles. The molecule has 2 heterocycles. The number of carbonyl (C=O) groups excluding carboxylic acids is 1. The van der Waals surface area contributed by atoms with Crippen molar-refractivity contribution in [3.8, 4) is 11.5 Å². The minimum atomic E-state index is -0.0907. The first-order valence-corrected chi connectivity index (χ1v) is 6.80. The minimum absolute atomic E-state index is 0.0907. The van der Waals surface area contributed by atoms with Crippen LogP contribution in [0.4, 0.5) is 5.69 Å². The number of nitrogens with one attached hydrogen (secondary N) is 1. The lowest BCUT2D eigenvalue weighted by Gasteiger charge is -2.02. The molecule has 1 N–H and O–H groups in total. The van der Waals surface area contributed by atoms with Gasteiger partial charge in [-0.15, -0.1) is 0 Å². The van der Waals surface area contributed by atoms with E-state index in [2.05, 4.69) is 20.4 Å². The van der Waals surface area contributed by atoms with Crippen LogP contribution in [0.15, 0.2) is 53.3 Å². The molecule has 0 fully saturated rings. The van der Waals surface area contributed by atoms with E-state index in [1.807, 2.05) is 36.4 Å². The maximum atomic E-state index is 11.0. The van der Waals surface area contributed by atoms with Crippen molar-refractivity contribution < 1.29 is 9.32 Å². The molecule has 1 aromatic carbocycles. The Morgan fingerprint density at radius 3 is 2.73 bits per heavy atom. The molecule has 0 aliphatic rings. The number of pyridine rings is 1. The van der Waals surface area contributed by atoms with Gasteiger partial charge in [-0.25, -0.2) is 0 Å². The summed E-state index contributed by atoms with van der Waals surface area (Å²) in [5.74, 6) is 0.969. The highest BCUT2D eigenvalue weighted by Crippen LogP contribution is 2.17. The van der Waals surface area contributed by atoms with Gasteiger partial charge in [0.1, 0.15) is 0 Å². The molecule has 0 bridgehead atoms. The molecule has 6 heteroatoms. The zero-order chi connectivity index (χ0) is 15.4. The average Bonchev–Trinajstić information content (AvgIpc) is 2.98. The van der Waals surface area contributed by atoms with Crippen LogP contribution in [0.3, 0.4) is 0 Å². The Balaban J connectivity index is 1.71. The van der Waals surface area contributed by atoms with Crippen LogP contribution in [-0.4, -0.2) is 21.0 Å². The Hall–Kier alpha value is -3.02. The summed E-state index contributed by atoms with van der Waals surface area (Å²) in [5.41, 5.74) is 2.59. The van der Waals surface area contributed by atoms with Crippen LogP contribution >= 0.6 is 0 Å². The van der Waals surface area contributed by atoms with E-state index in [1.165, 1.54) is 6.92 Å². The van der Waals surface area contributed by atoms with Crippen LogP contribution in [0, 0.1) is 0 Å². The number of hydrogen-bond donors (Lipinski definition) is 1. The maximum absolute atomic E-state index is 11.0. The molecule has 0 saturated heterocycles. The van der Waals surface area contributed by atoms with Crippen molar-refractivity contribution in [3.63, 3.8) is 0 Å². The topological polar surface area (TPSA) is 80.9 Å². The van der Waals surface area contributed by atoms with Crippen LogP contribution in [0.2, 0.25) is 0 Å². The van der Waals surface area contributed by atoms with Crippen molar-refractivity contribution in [2.45, 2.75) is 13.3 Å². The molecule has 0 unspecified atom stereocenters. The van der Waals surface area contributed by atoms with Crippen LogP contribution in [0.5, 0.6) is 0 Å². The average molecular weight is 294 g/mol. The second-order valence-electron chi connectivity index (χ2n) is 4.81. The molecule has 0 spiro atoms. The molecule has 3 aromatic rings. The number of nitrogens with zero attached hydrogens (tertiary/aromatic N) is 3. The van der Waals surface area contributed by atoms with Gasteiger partial charge in [-0.05, 0) is 29.8 Å². The maximum Gasteiger partial charge on any atom is 0.259 e. The molecule has 0 aliphatic heterocycles. The van der Waals surface area contributed by atoms with Gasteiger partial charge < -0.3 is 9.84 Å². The summed E-state index contributed by atoms with van der Waals surface area (Å²) >= 11 is 0. The first-order chi connectivity index (χ1) is 10.7. The predicted octanol–water partition coefficient (Wildman–Crippen LogP) is 2.68. The fourth-order valence-corrected chi connectivity index (χ4v) is 2.02. The lowest BCUT2D eigenvalue weighted by Crippen LogP contribution is -2.05. The van der Waals surface area contributed by atoms with Crippen molar-refractivity contribution in [3.05, 3.63) is 60.2 Å². The summed E-state index contributed by atoms with van der Waals surface area (Å²) in [4.78, 5) is 19.4. The van der Waals surface area contributed by atoms with E-state index in [9.17, 15) is 4.79 Å². The van der Waals surface area contributed by atoms with Gasteiger partial charge in [-0.3, -0.25) is 9.78 Å². The number of amides is 1. The first-order valence-electron chi connectivity index (χ1n) is 6.80. The van der Waals surface area contributed by atoms with Crippen molar-refractivity contribution in [1.29, 1.82) is 0 Å². The second-order valence-corrected chi connectivity index (χ2v) is 4.81. The Labute approximate surface area is 127 Å². The van der Waals surface area contributed by atoms with Crippen molar-refractivity contribution in [2.75, 3.05) is 5.32 Å². The van der Waals surface area contributed by atoms with Crippen molar-refractivity contribution in [1.82, 2.24) is 15.1 Å². The largest absolute Gasteiger partial charge is 0.334 e. The minimum Gasteiger partial charge on any atom is -0.334 e. The summed E-state index contributed by atoms with van der Waals surface area (Å²) in [7, 11) is 0. The van der Waals surface area contributed by atoms with E-state index in [1.54, 1.807) is 12.4 Å². The van der Waals surface area contributed by atoms with Crippen LogP contribution in [-0.2, 0) is 11.2 Å². The molecular weight excluding hydrogens is 280 g/mol. The monoisotopic (exact) mass is 294 g/mol. The highest BCUT2D eigenvalue weighted by Gasteiger charge is 2.09. The summed E-state index contributed by atoms with van der Waals surface area (Å²) in [6, 6.07) is 11.2. The summed E-state index contributed by atoms with van der Waals surface area (Å²) in [5, 5.41) is 6.70. The smallest absolute Gasteiger partial charge is 0.259 e. The molecule has 1 amide bonds. The zero-order valence-electron chi connectivity index (χ0n) is 12.0. The number of anilines is 1. The number of hydrogen-bond acceptors (Lipinski definition) is 5. The molecule has 6 nitrogen and oxygen atoms in total. The number of benzene rings is 1. The zero-order valence-corrected chi connectivity index (χ0v) is 12.0. The third-order valence-electron chi connectivity index (χ3n) is 3.01. The SMILES string of the molecule is CC(=O)Nc1ccc(Cc2noc(-c3cccnc3)n2)cc1. The standard InChI is InChI=1S/C16H14N4O2/c1-11(21)18-14-6-4-12(5-7-14)9-15-19-16(22-20-15)13-3-2-8-17-10-13/h2-8,10H,9H2,1H3,(H,18,21). The number of carbonyl (C=O) groups is 1. The lowest BCUT2D eigenvalue weighted by atomic mass is 10.1. The molecule has 0 aliphatic carbocycles. The van der Waals surface area contributed by atoms with Gasteiger partial charge in [0.25, 0.3) is 5.89 Å². The van der Waals surface area contributed by atoms with Gasteiger partial charge in [-0.1, -0.05) is 17.3 Å². The van der Waals surface area contributed by atoms with Gasteiger partial charge in [0, 0.05) is 31.4 Å². The van der Waals surface area contributed by atoms with Crippen LogP contribution in [0.1, 0.15) is 18.3 Å². The molecule has 0 atom stereocenters. The van der Waals surface area contributed by atoms with E-state index in [0.29, 0.717) is 18.1 Å². The Morgan fingerprint density at radius 1 is 1.23 bits per heavy atom. The van der Waals surface area contributed by atoms with Gasteiger partial charge in [-0.2, -0.15) is 4.98 Å². The van der Waals surface area contributed by atoms with E-state index < -0.39 is 0 Å². The summed E-state index contributed by atoms with van der Waals surface area (Å²) in [6.45, 7) is 1.48. The Morgan fingerprint density at radius 2 is 2.05 bits per heavy atom. The second kappa shape index (κ2) is 6.17. The third kappa shape index (κ3) is 3.35. The molecule has 3 rings (SSSR count). The van der Waals surface area contributed by atoms with Gasteiger partial charge in [0.2, 0.25) is 5.91 Å². The normalized spacial score (nSPS) is 10.4. The van der Waals surface area contributed by atoms with Crippen LogP contribution in [0.25, 0.3) is 11.5 Å². The Bertz CT molecular complexity index is 766. The Kier molecular flexibility index (Phi) is 3.91. The predicted molar refractivity (Wildman–Crippen MR) is 81.1 cm³/mol. The van der Waals surface area contributed by atoms with Gasteiger partial charge in [0.15, 0.2) is 5.82 Å². The van der Waals surface area contributed by atoms with Crippen LogP contribution < -0.4 is 5.32 Å². The molecule has 22 heavy (non-hydrogen) atoms. The summed E-state index contributed by atoms with van der Waals surface area (Å²) < 4.78 is 5.24. The number of aromatic nitrogens is 3. The van der Waals surface area contributed by atoms with E-state index >= 15 is 0 Å². The fourth-order valence-electron chi connectivity index (χ4n) is 2.02. The first kappa shape index (κ1) is 13.9. The molecular formula is C16H14N4O2. The highest BCUT2D eigenvalue weighted by molar-refractivity contribution is 5.88. The fraction of sp³-hybridized carbons (Fsp3) is 0.125. The molecule has 0 saturated carbocycles. The van der Waals surface area contributed by atoms with E-state index in [-0.39, 0.29) is 5.91 Å². The highest BCUT2D eigenvalue weighted by atomic mass is 16.5. The van der Waals surface area contributed by atoms with Gasteiger partial charge in [0.05, 0.1) is 5.56 Å². The molecule has 110 valence electrons. The third-order valence-corrected chi connectivity index (χ3v) is 3.01. The van der Waals surface area contributed by atoms with Gasteiger partial charge >= 0.3 is 0 Å². The van der Waals surface area contributed by atoms with Crippen molar-refractivity contribution >= 4 is 11.6 Å². The lowest BCUT2D eigenvalue weighted by molar-refractivity contribution is -0.114. The number of rotatable bonds is 4. The summed E-state index contributed by atoms with van der Waals surface area (Å²) in [6.07, 6.45) is 3.93.